The highest BCUT2D eigenvalue weighted by Crippen LogP contribution is 2.23. The molecular formula is C58H107NO8. The Morgan fingerprint density at radius 2 is 0.851 bits per heavy atom. The van der Waals surface area contributed by atoms with Crippen LogP contribution in [0.5, 0.6) is 0 Å². The molecule has 9 heteroatoms. The van der Waals surface area contributed by atoms with Gasteiger partial charge in [-0.3, -0.25) is 4.79 Å². The molecule has 0 spiro atoms. The molecule has 6 N–H and O–H groups in total. The fourth-order valence-corrected chi connectivity index (χ4v) is 8.83. The minimum atomic E-state index is -1.57. The van der Waals surface area contributed by atoms with E-state index in [1.54, 1.807) is 6.08 Å². The molecule has 1 amide bonds. The van der Waals surface area contributed by atoms with Crippen molar-refractivity contribution in [1.82, 2.24) is 5.32 Å². The molecule has 67 heavy (non-hydrogen) atoms. The first-order valence-electron chi connectivity index (χ1n) is 28.4. The SMILES string of the molecule is CCCCCCCC/C=C/CC/C=C/CC/C=C/C(O)C(COC1OC(CO)C(O)C(O)C1O)NC(=O)CCCCCCCCCCCCCC/C=C\CCCCCCCCCCCCCC. The zero-order chi connectivity index (χ0) is 48.7. The third-order valence-electron chi connectivity index (χ3n) is 13.4. The number of carbonyl (C=O) groups excluding carboxylic acids is 1. The molecule has 1 saturated heterocycles. The fourth-order valence-electron chi connectivity index (χ4n) is 8.83. The molecule has 7 unspecified atom stereocenters. The Hall–Kier alpha value is -1.85. The molecular weight excluding hydrogens is 839 g/mol. The Morgan fingerprint density at radius 3 is 1.25 bits per heavy atom. The molecule has 1 aliphatic rings. The summed E-state index contributed by atoms with van der Waals surface area (Å²) >= 11 is 0. The number of carbonyl (C=O) groups is 1. The molecule has 1 rings (SSSR count). The third kappa shape index (κ3) is 37.6. The van der Waals surface area contributed by atoms with Gasteiger partial charge in [-0.05, 0) is 70.6 Å². The van der Waals surface area contributed by atoms with Crippen molar-refractivity contribution in [3.63, 3.8) is 0 Å². The molecule has 0 aromatic rings. The quantitative estimate of drug-likeness (QED) is 0.0261. The average molecular weight is 946 g/mol. The summed E-state index contributed by atoms with van der Waals surface area (Å²) in [7, 11) is 0. The Labute approximate surface area is 412 Å². The van der Waals surface area contributed by atoms with Crippen LogP contribution in [0.3, 0.4) is 0 Å². The Bertz CT molecular complexity index is 1190. The maximum atomic E-state index is 13.0. The van der Waals surface area contributed by atoms with Gasteiger partial charge in [0.05, 0.1) is 25.4 Å². The lowest BCUT2D eigenvalue weighted by Gasteiger charge is -2.40. The summed E-state index contributed by atoms with van der Waals surface area (Å²) in [4.78, 5) is 13.0. The van der Waals surface area contributed by atoms with E-state index in [9.17, 15) is 30.3 Å². The third-order valence-corrected chi connectivity index (χ3v) is 13.4. The van der Waals surface area contributed by atoms with Crippen LogP contribution in [0.15, 0.2) is 48.6 Å². The van der Waals surface area contributed by atoms with E-state index in [2.05, 4.69) is 55.6 Å². The predicted octanol–water partition coefficient (Wildman–Crippen LogP) is 13.7. The van der Waals surface area contributed by atoms with E-state index in [4.69, 9.17) is 9.47 Å². The second-order valence-corrected chi connectivity index (χ2v) is 19.7. The van der Waals surface area contributed by atoms with Crippen LogP contribution in [0.25, 0.3) is 0 Å². The number of amides is 1. The van der Waals surface area contributed by atoms with Gasteiger partial charge >= 0.3 is 0 Å². The summed E-state index contributed by atoms with van der Waals surface area (Å²) in [6.45, 7) is 3.76. The van der Waals surface area contributed by atoms with Gasteiger partial charge in [-0.15, -0.1) is 0 Å². The highest BCUT2D eigenvalue weighted by Gasteiger charge is 2.44. The summed E-state index contributed by atoms with van der Waals surface area (Å²) in [5, 5.41) is 54.4. The Kier molecular flexibility index (Phi) is 45.1. The number of unbranched alkanes of at least 4 members (excludes halogenated alkanes) is 32. The van der Waals surface area contributed by atoms with Crippen molar-refractivity contribution in [2.75, 3.05) is 13.2 Å². The molecule has 0 aromatic heterocycles. The summed E-state index contributed by atoms with van der Waals surface area (Å²) in [5.41, 5.74) is 0. The van der Waals surface area contributed by atoms with Crippen LogP contribution in [0, 0.1) is 0 Å². The molecule has 392 valence electrons. The fraction of sp³-hybridized carbons (Fsp3) is 0.845. The van der Waals surface area contributed by atoms with E-state index in [1.165, 1.54) is 186 Å². The summed E-state index contributed by atoms with van der Waals surface area (Å²) in [5.74, 6) is -0.190. The van der Waals surface area contributed by atoms with Crippen molar-refractivity contribution >= 4 is 5.91 Å². The average Bonchev–Trinajstić information content (AvgIpc) is 3.33. The van der Waals surface area contributed by atoms with Crippen molar-refractivity contribution in [2.24, 2.45) is 0 Å². The molecule has 0 bridgehead atoms. The summed E-state index contributed by atoms with van der Waals surface area (Å²) in [6, 6.07) is -0.828. The van der Waals surface area contributed by atoms with Crippen molar-refractivity contribution in [3.8, 4) is 0 Å². The first-order chi connectivity index (χ1) is 32.8. The topological polar surface area (TPSA) is 149 Å². The number of aliphatic hydroxyl groups excluding tert-OH is 5. The molecule has 1 fully saturated rings. The molecule has 0 aromatic carbocycles. The van der Waals surface area contributed by atoms with Crippen LogP contribution in [0.4, 0.5) is 0 Å². The zero-order valence-electron chi connectivity index (χ0n) is 43.4. The lowest BCUT2D eigenvalue weighted by Crippen LogP contribution is -2.60. The minimum Gasteiger partial charge on any atom is -0.394 e. The highest BCUT2D eigenvalue weighted by molar-refractivity contribution is 5.76. The van der Waals surface area contributed by atoms with Crippen LogP contribution in [-0.2, 0) is 14.3 Å². The van der Waals surface area contributed by atoms with Crippen molar-refractivity contribution in [1.29, 1.82) is 0 Å². The maximum Gasteiger partial charge on any atom is 0.220 e. The monoisotopic (exact) mass is 946 g/mol. The molecule has 0 aliphatic carbocycles. The van der Waals surface area contributed by atoms with Crippen molar-refractivity contribution < 1.29 is 39.8 Å². The van der Waals surface area contributed by atoms with Crippen LogP contribution in [0.2, 0.25) is 0 Å². The highest BCUT2D eigenvalue weighted by atomic mass is 16.7. The van der Waals surface area contributed by atoms with Crippen LogP contribution < -0.4 is 5.32 Å². The standard InChI is InChI=1S/C58H107NO8/c1-3-5-7-9-11-13-15-17-19-21-22-23-24-25-26-27-28-29-30-31-32-34-36-38-40-42-44-46-48-54(62)59-51(50-66-58-57(65)56(64)55(63)53(49-60)67-58)52(61)47-45-43-41-39-37-35-33-20-18-16-14-12-10-8-6-4-2/h18,20,25-26,37,39,45,47,51-53,55-58,60-61,63-65H,3-17,19,21-24,27-36,38,40-44,46,48-50H2,1-2H3,(H,59,62)/b20-18+,26-25-,39-37+,47-45+. The number of rotatable bonds is 48. The largest absolute Gasteiger partial charge is 0.394 e. The number of aliphatic hydroxyl groups is 5. The number of hydrogen-bond acceptors (Lipinski definition) is 8. The predicted molar refractivity (Wildman–Crippen MR) is 281 cm³/mol. The second-order valence-electron chi connectivity index (χ2n) is 19.7. The second kappa shape index (κ2) is 47.8. The lowest BCUT2D eigenvalue weighted by molar-refractivity contribution is -0.302. The van der Waals surface area contributed by atoms with Crippen LogP contribution >= 0.6 is 0 Å². The molecule has 0 radical (unpaired) electrons. The van der Waals surface area contributed by atoms with Gasteiger partial charge in [0.1, 0.15) is 24.4 Å². The van der Waals surface area contributed by atoms with Crippen molar-refractivity contribution in [2.45, 2.75) is 301 Å². The zero-order valence-corrected chi connectivity index (χ0v) is 43.4. The van der Waals surface area contributed by atoms with Gasteiger partial charge in [-0.25, -0.2) is 0 Å². The van der Waals surface area contributed by atoms with Gasteiger partial charge in [0.15, 0.2) is 6.29 Å². The molecule has 9 nitrogen and oxygen atoms in total. The maximum absolute atomic E-state index is 13.0. The van der Waals surface area contributed by atoms with E-state index in [0.29, 0.717) is 6.42 Å². The number of hydrogen-bond donors (Lipinski definition) is 6. The van der Waals surface area contributed by atoms with Gasteiger partial charge in [0, 0.05) is 6.42 Å². The van der Waals surface area contributed by atoms with E-state index in [1.807, 2.05) is 6.08 Å². The van der Waals surface area contributed by atoms with Gasteiger partial charge in [0.25, 0.3) is 0 Å². The van der Waals surface area contributed by atoms with E-state index >= 15 is 0 Å². The van der Waals surface area contributed by atoms with Crippen molar-refractivity contribution in [3.05, 3.63) is 48.6 Å². The Balaban J connectivity index is 2.21. The van der Waals surface area contributed by atoms with Gasteiger partial charge < -0.3 is 40.3 Å². The van der Waals surface area contributed by atoms with Gasteiger partial charge in [-0.2, -0.15) is 0 Å². The molecule has 0 saturated carbocycles. The number of ether oxygens (including phenoxy) is 2. The van der Waals surface area contributed by atoms with Crippen LogP contribution in [0.1, 0.15) is 258 Å². The van der Waals surface area contributed by atoms with Gasteiger partial charge in [0.2, 0.25) is 5.91 Å². The molecule has 1 heterocycles. The molecule has 7 atom stereocenters. The molecule has 1 aliphatic heterocycles. The Morgan fingerprint density at radius 1 is 0.493 bits per heavy atom. The smallest absolute Gasteiger partial charge is 0.220 e. The lowest BCUT2D eigenvalue weighted by atomic mass is 9.99. The summed E-state index contributed by atoms with van der Waals surface area (Å²) in [6.07, 6.45) is 56.1. The van der Waals surface area contributed by atoms with Gasteiger partial charge in [-0.1, -0.05) is 229 Å². The van der Waals surface area contributed by atoms with Crippen LogP contribution in [-0.4, -0.2) is 87.5 Å². The minimum absolute atomic E-state index is 0.190. The van der Waals surface area contributed by atoms with E-state index < -0.39 is 49.5 Å². The van der Waals surface area contributed by atoms with E-state index in [0.717, 1.165) is 51.4 Å². The van der Waals surface area contributed by atoms with E-state index in [-0.39, 0.29) is 12.5 Å². The summed E-state index contributed by atoms with van der Waals surface area (Å²) < 4.78 is 11.2. The normalized spacial score (nSPS) is 20.0. The number of allylic oxidation sites excluding steroid dienone is 7. The first kappa shape index (κ1) is 63.2. The number of nitrogens with one attached hydrogen (secondary N) is 1. The first-order valence-corrected chi connectivity index (χ1v) is 28.4.